The maximum Gasteiger partial charge on any atom is 0.165 e. The zero-order chi connectivity index (χ0) is 13.1. The van der Waals surface area contributed by atoms with Crippen LogP contribution in [0.25, 0.3) is 0 Å². The van der Waals surface area contributed by atoms with Gasteiger partial charge in [-0.25, -0.2) is 4.68 Å². The van der Waals surface area contributed by atoms with Gasteiger partial charge in [0.25, 0.3) is 0 Å². The highest BCUT2D eigenvalue weighted by molar-refractivity contribution is 7.16. The lowest BCUT2D eigenvalue weighted by atomic mass is 10.3. The first kappa shape index (κ1) is 13.5. The molecule has 0 aliphatic heterocycles. The zero-order valence-electron chi connectivity index (χ0n) is 10.6. The van der Waals surface area contributed by atoms with E-state index in [0.717, 1.165) is 10.2 Å². The number of nitrogens with one attached hydrogen (secondary N) is 1. The normalized spacial score (nSPS) is 13.2. The fourth-order valence-electron chi connectivity index (χ4n) is 1.64. The minimum atomic E-state index is 0.236. The lowest BCUT2D eigenvalue weighted by Crippen LogP contribution is -2.21. The zero-order valence-corrected chi connectivity index (χ0v) is 12.2. The fraction of sp³-hybridized carbons (Fsp3) is 0.545. The van der Waals surface area contributed by atoms with Gasteiger partial charge in [0, 0.05) is 10.9 Å². The Labute approximate surface area is 115 Å². The minimum Gasteiger partial charge on any atom is -0.302 e. The molecule has 2 heterocycles. The highest BCUT2D eigenvalue weighted by atomic mass is 35.5. The lowest BCUT2D eigenvalue weighted by molar-refractivity contribution is 0.469. The van der Waals surface area contributed by atoms with E-state index in [1.165, 1.54) is 4.88 Å². The van der Waals surface area contributed by atoms with Gasteiger partial charge in [-0.1, -0.05) is 11.6 Å². The van der Waals surface area contributed by atoms with E-state index in [1.54, 1.807) is 11.3 Å². The summed E-state index contributed by atoms with van der Waals surface area (Å²) in [4.78, 5) is 1.21. The van der Waals surface area contributed by atoms with E-state index in [1.807, 2.05) is 16.8 Å². The van der Waals surface area contributed by atoms with Crippen molar-refractivity contribution in [2.45, 2.75) is 39.4 Å². The van der Waals surface area contributed by atoms with Gasteiger partial charge in [0.2, 0.25) is 0 Å². The summed E-state index contributed by atoms with van der Waals surface area (Å²) in [5.41, 5.74) is 0. The highest BCUT2D eigenvalue weighted by Gasteiger charge is 2.12. The molecule has 2 aromatic heterocycles. The molecule has 0 saturated carbocycles. The summed E-state index contributed by atoms with van der Waals surface area (Å²) in [6.45, 7) is 6.86. The van der Waals surface area contributed by atoms with Crippen LogP contribution in [0.2, 0.25) is 4.34 Å². The lowest BCUT2D eigenvalue weighted by Gasteiger charge is -2.12. The first-order valence-corrected chi connectivity index (χ1v) is 7.02. The molecule has 0 saturated heterocycles. The summed E-state index contributed by atoms with van der Waals surface area (Å²) in [6.07, 6.45) is 0. The van der Waals surface area contributed by atoms with E-state index in [2.05, 4.69) is 41.6 Å². The molecule has 2 rings (SSSR count). The molecule has 0 aromatic carbocycles. The fourth-order valence-corrected chi connectivity index (χ4v) is 2.72. The van der Waals surface area contributed by atoms with Crippen LogP contribution in [0.15, 0.2) is 12.1 Å². The number of hydrogen-bond donors (Lipinski definition) is 1. The van der Waals surface area contributed by atoms with Crippen molar-refractivity contribution in [3.8, 4) is 0 Å². The molecule has 18 heavy (non-hydrogen) atoms. The molecular formula is C11H16ClN5S. The van der Waals surface area contributed by atoms with Crippen LogP contribution in [0, 0.1) is 0 Å². The smallest absolute Gasteiger partial charge is 0.165 e. The number of hydrogen-bond acceptors (Lipinski definition) is 5. The molecule has 98 valence electrons. The van der Waals surface area contributed by atoms with E-state index in [4.69, 9.17) is 11.6 Å². The number of rotatable bonds is 5. The molecule has 7 heteroatoms. The Balaban J connectivity index is 1.97. The second-order valence-electron chi connectivity index (χ2n) is 4.38. The minimum absolute atomic E-state index is 0.236. The topological polar surface area (TPSA) is 55.6 Å². The predicted octanol–water partition coefficient (Wildman–Crippen LogP) is 2.82. The quantitative estimate of drug-likeness (QED) is 0.918. The third-order valence-corrected chi connectivity index (χ3v) is 4.05. The molecule has 5 nitrogen and oxygen atoms in total. The van der Waals surface area contributed by atoms with Gasteiger partial charge in [-0.3, -0.25) is 0 Å². The van der Waals surface area contributed by atoms with Crippen LogP contribution in [0.4, 0.5) is 0 Å². The number of halogens is 1. The first-order chi connectivity index (χ1) is 8.58. The van der Waals surface area contributed by atoms with Crippen LogP contribution in [0.5, 0.6) is 0 Å². The van der Waals surface area contributed by atoms with Crippen LogP contribution in [-0.2, 0) is 6.54 Å². The standard InChI is InChI=1S/C11H16ClN5S/c1-7(2)17-11(14-15-16-17)6-13-8(3)9-4-5-10(12)18-9/h4-5,7-8,13H,6H2,1-3H3. The number of aromatic nitrogens is 4. The van der Waals surface area contributed by atoms with Crippen LogP contribution < -0.4 is 5.32 Å². The van der Waals surface area contributed by atoms with Crippen LogP contribution in [0.1, 0.15) is 43.6 Å². The Morgan fingerprint density at radius 1 is 1.39 bits per heavy atom. The van der Waals surface area contributed by atoms with Gasteiger partial charge in [0.1, 0.15) is 0 Å². The van der Waals surface area contributed by atoms with Crippen molar-refractivity contribution in [1.29, 1.82) is 0 Å². The Morgan fingerprint density at radius 3 is 2.78 bits per heavy atom. The average Bonchev–Trinajstić information content (AvgIpc) is 2.94. The Bertz CT molecular complexity index is 507. The van der Waals surface area contributed by atoms with E-state index in [-0.39, 0.29) is 12.1 Å². The first-order valence-electron chi connectivity index (χ1n) is 5.83. The number of nitrogens with zero attached hydrogens (tertiary/aromatic N) is 4. The highest BCUT2D eigenvalue weighted by Crippen LogP contribution is 2.26. The molecule has 0 aliphatic carbocycles. The van der Waals surface area contributed by atoms with Crippen molar-refractivity contribution in [2.75, 3.05) is 0 Å². The SMILES string of the molecule is CC(NCc1nnnn1C(C)C)c1ccc(Cl)s1. The molecule has 0 spiro atoms. The van der Waals surface area contributed by atoms with Crippen LogP contribution >= 0.6 is 22.9 Å². The number of thiophene rings is 1. The van der Waals surface area contributed by atoms with Crippen molar-refractivity contribution < 1.29 is 0 Å². The van der Waals surface area contributed by atoms with Crippen molar-refractivity contribution in [3.63, 3.8) is 0 Å². The second kappa shape index (κ2) is 5.77. The summed E-state index contributed by atoms with van der Waals surface area (Å²) in [5.74, 6) is 0.847. The Hall–Kier alpha value is -0.980. The van der Waals surface area contributed by atoms with Gasteiger partial charge < -0.3 is 5.32 Å². The summed E-state index contributed by atoms with van der Waals surface area (Å²) >= 11 is 7.51. The third-order valence-electron chi connectivity index (χ3n) is 2.64. The molecule has 0 bridgehead atoms. The molecule has 0 aliphatic rings. The van der Waals surface area contributed by atoms with Crippen molar-refractivity contribution in [3.05, 3.63) is 27.2 Å². The molecule has 1 unspecified atom stereocenters. The molecule has 0 fully saturated rings. The van der Waals surface area contributed by atoms with E-state index in [9.17, 15) is 0 Å². The van der Waals surface area contributed by atoms with Crippen molar-refractivity contribution in [2.24, 2.45) is 0 Å². The van der Waals surface area contributed by atoms with Gasteiger partial charge in [-0.2, -0.15) is 0 Å². The molecule has 1 atom stereocenters. The molecule has 2 aromatic rings. The monoisotopic (exact) mass is 285 g/mol. The summed E-state index contributed by atoms with van der Waals surface area (Å²) in [7, 11) is 0. The largest absolute Gasteiger partial charge is 0.302 e. The molecule has 1 N–H and O–H groups in total. The van der Waals surface area contributed by atoms with Crippen molar-refractivity contribution in [1.82, 2.24) is 25.5 Å². The summed E-state index contributed by atoms with van der Waals surface area (Å²) < 4.78 is 2.63. The average molecular weight is 286 g/mol. The maximum absolute atomic E-state index is 5.93. The summed E-state index contributed by atoms with van der Waals surface area (Å²) in [6, 6.07) is 4.46. The molecular weight excluding hydrogens is 270 g/mol. The van der Waals surface area contributed by atoms with Crippen LogP contribution in [0.3, 0.4) is 0 Å². The van der Waals surface area contributed by atoms with Gasteiger partial charge >= 0.3 is 0 Å². The molecule has 0 radical (unpaired) electrons. The Kier molecular flexibility index (Phi) is 4.31. The third kappa shape index (κ3) is 3.07. The van der Waals surface area contributed by atoms with Gasteiger partial charge in [0.15, 0.2) is 5.82 Å². The van der Waals surface area contributed by atoms with Crippen LogP contribution in [-0.4, -0.2) is 20.2 Å². The van der Waals surface area contributed by atoms with E-state index in [0.29, 0.717) is 6.54 Å². The Morgan fingerprint density at radius 2 is 2.17 bits per heavy atom. The van der Waals surface area contributed by atoms with Gasteiger partial charge in [0.05, 0.1) is 16.9 Å². The molecule has 0 amide bonds. The van der Waals surface area contributed by atoms with Gasteiger partial charge in [-0.05, 0) is 43.3 Å². The number of tetrazole rings is 1. The summed E-state index contributed by atoms with van der Waals surface area (Å²) in [5, 5.41) is 15.1. The second-order valence-corrected chi connectivity index (χ2v) is 6.12. The predicted molar refractivity (Wildman–Crippen MR) is 72.8 cm³/mol. The van der Waals surface area contributed by atoms with Gasteiger partial charge in [-0.15, -0.1) is 16.4 Å². The maximum atomic E-state index is 5.93. The van der Waals surface area contributed by atoms with E-state index >= 15 is 0 Å². The van der Waals surface area contributed by atoms with E-state index < -0.39 is 0 Å². The van der Waals surface area contributed by atoms with Crippen molar-refractivity contribution >= 4 is 22.9 Å².